The summed E-state index contributed by atoms with van der Waals surface area (Å²) in [6, 6.07) is 6.33. The predicted molar refractivity (Wildman–Crippen MR) is 106 cm³/mol. The molecule has 10 heteroatoms. The van der Waals surface area contributed by atoms with Gasteiger partial charge in [-0.05, 0) is 36.6 Å². The Kier molecular flexibility index (Phi) is 8.67. The number of hydrogen-bond acceptors (Lipinski definition) is 6. The first kappa shape index (κ1) is 23.4. The zero-order valence-electron chi connectivity index (χ0n) is 16.1. The third kappa shape index (κ3) is 6.17. The number of nitrogens with zero attached hydrogens (tertiary/aromatic N) is 4. The second kappa shape index (κ2) is 10.0. The first-order chi connectivity index (χ1) is 12.2. The van der Waals surface area contributed by atoms with Gasteiger partial charge in [0.25, 0.3) is 0 Å². The molecule has 0 saturated carbocycles. The van der Waals surface area contributed by atoms with Crippen molar-refractivity contribution in [3.05, 3.63) is 36.4 Å². The first-order valence-electron chi connectivity index (χ1n) is 8.49. The van der Waals surface area contributed by atoms with Crippen molar-refractivity contribution in [1.82, 2.24) is 19.1 Å². The first-order valence-corrected chi connectivity index (χ1v) is 9.93. The molecular formula is C17H28ClN5O3S. The van der Waals surface area contributed by atoms with Crippen molar-refractivity contribution < 1.29 is 13.2 Å². The van der Waals surface area contributed by atoms with E-state index in [1.54, 1.807) is 43.0 Å². The quantitative estimate of drug-likeness (QED) is 0.667. The van der Waals surface area contributed by atoms with Gasteiger partial charge in [0.05, 0.1) is 4.90 Å². The van der Waals surface area contributed by atoms with Crippen molar-refractivity contribution in [3.63, 3.8) is 0 Å². The summed E-state index contributed by atoms with van der Waals surface area (Å²) in [5.41, 5.74) is 6.00. The highest BCUT2D eigenvalue weighted by Gasteiger charge is 2.21. The van der Waals surface area contributed by atoms with Crippen LogP contribution >= 0.6 is 12.4 Å². The van der Waals surface area contributed by atoms with Gasteiger partial charge in [0.15, 0.2) is 5.82 Å². The summed E-state index contributed by atoms with van der Waals surface area (Å²) in [7, 11) is -0.196. The van der Waals surface area contributed by atoms with Crippen LogP contribution in [0.15, 0.2) is 35.5 Å². The van der Waals surface area contributed by atoms with Crippen LogP contribution in [0.2, 0.25) is 0 Å². The molecule has 1 heterocycles. The molecule has 1 atom stereocenters. The lowest BCUT2D eigenvalue weighted by atomic mass is 10.0. The monoisotopic (exact) mass is 417 g/mol. The van der Waals surface area contributed by atoms with Crippen LogP contribution in [-0.2, 0) is 23.7 Å². The molecule has 0 aliphatic rings. The molecule has 0 bridgehead atoms. The molecule has 0 radical (unpaired) electrons. The lowest BCUT2D eigenvalue weighted by Crippen LogP contribution is -2.34. The SMILES string of the molecule is CC(C)C(N)CCN(C)S(=O)(=O)c1ccc(OCc2ncnn2C)cc1.Cl. The van der Waals surface area contributed by atoms with Gasteiger partial charge < -0.3 is 10.5 Å². The fraction of sp³-hybridized carbons (Fsp3) is 0.529. The van der Waals surface area contributed by atoms with E-state index in [2.05, 4.69) is 10.1 Å². The van der Waals surface area contributed by atoms with Gasteiger partial charge in [0, 0.05) is 26.7 Å². The smallest absolute Gasteiger partial charge is 0.242 e. The van der Waals surface area contributed by atoms with Gasteiger partial charge in [0.2, 0.25) is 10.0 Å². The Morgan fingerprint density at radius 2 is 1.89 bits per heavy atom. The van der Waals surface area contributed by atoms with Crippen molar-refractivity contribution in [3.8, 4) is 5.75 Å². The van der Waals surface area contributed by atoms with Crippen LogP contribution in [0.1, 0.15) is 26.1 Å². The van der Waals surface area contributed by atoms with E-state index in [-0.39, 0.29) is 30.0 Å². The summed E-state index contributed by atoms with van der Waals surface area (Å²) in [6.07, 6.45) is 2.07. The summed E-state index contributed by atoms with van der Waals surface area (Å²) < 4.78 is 33.9. The average Bonchev–Trinajstić information content (AvgIpc) is 3.02. The van der Waals surface area contributed by atoms with Gasteiger partial charge in [0.1, 0.15) is 18.7 Å². The largest absolute Gasteiger partial charge is 0.486 e. The standard InChI is InChI=1S/C17H27N5O3S.ClH/c1-13(2)16(18)9-10-21(3)26(23,24)15-7-5-14(6-8-15)25-11-17-19-12-20-22(17)4;/h5-8,12-13,16H,9-11,18H2,1-4H3;1H. The zero-order valence-corrected chi connectivity index (χ0v) is 17.7. The van der Waals surface area contributed by atoms with Crippen LogP contribution in [-0.4, -0.2) is 47.1 Å². The van der Waals surface area contributed by atoms with E-state index in [1.807, 2.05) is 13.8 Å². The van der Waals surface area contributed by atoms with Crippen LogP contribution in [0.5, 0.6) is 5.75 Å². The molecule has 1 unspecified atom stereocenters. The molecule has 2 aromatic rings. The second-order valence-electron chi connectivity index (χ2n) is 6.58. The number of nitrogens with two attached hydrogens (primary N) is 1. The highest BCUT2D eigenvalue weighted by atomic mass is 35.5. The highest BCUT2D eigenvalue weighted by molar-refractivity contribution is 7.89. The zero-order chi connectivity index (χ0) is 19.3. The van der Waals surface area contributed by atoms with Crippen LogP contribution in [0, 0.1) is 5.92 Å². The van der Waals surface area contributed by atoms with E-state index in [9.17, 15) is 8.42 Å². The fourth-order valence-electron chi connectivity index (χ4n) is 2.27. The van der Waals surface area contributed by atoms with E-state index in [4.69, 9.17) is 10.5 Å². The minimum absolute atomic E-state index is 0. The van der Waals surface area contributed by atoms with E-state index in [1.165, 1.54) is 10.6 Å². The molecule has 152 valence electrons. The molecule has 1 aromatic heterocycles. The van der Waals surface area contributed by atoms with Crippen molar-refractivity contribution in [2.24, 2.45) is 18.7 Å². The molecule has 0 aliphatic heterocycles. The number of ether oxygens (including phenoxy) is 1. The maximum Gasteiger partial charge on any atom is 0.242 e. The Morgan fingerprint density at radius 1 is 1.26 bits per heavy atom. The molecule has 0 fully saturated rings. The Balaban J connectivity index is 0.00000364. The number of benzene rings is 1. The highest BCUT2D eigenvalue weighted by Crippen LogP contribution is 2.20. The average molecular weight is 418 g/mol. The van der Waals surface area contributed by atoms with Gasteiger partial charge in [-0.1, -0.05) is 13.8 Å². The second-order valence-corrected chi connectivity index (χ2v) is 8.63. The van der Waals surface area contributed by atoms with Crippen molar-refractivity contribution in [2.75, 3.05) is 13.6 Å². The topological polar surface area (TPSA) is 103 Å². The maximum atomic E-state index is 12.6. The Hall–Kier alpha value is -1.68. The molecule has 0 aliphatic carbocycles. The third-order valence-electron chi connectivity index (χ3n) is 4.34. The molecule has 0 amide bonds. The molecule has 0 saturated heterocycles. The van der Waals surface area contributed by atoms with E-state index >= 15 is 0 Å². The van der Waals surface area contributed by atoms with Crippen LogP contribution in [0.3, 0.4) is 0 Å². The predicted octanol–water partition coefficient (Wildman–Crippen LogP) is 1.81. The van der Waals surface area contributed by atoms with Gasteiger partial charge in [-0.25, -0.2) is 17.7 Å². The molecule has 27 heavy (non-hydrogen) atoms. The summed E-state index contributed by atoms with van der Waals surface area (Å²) in [4.78, 5) is 4.30. The molecule has 8 nitrogen and oxygen atoms in total. The van der Waals surface area contributed by atoms with E-state index < -0.39 is 10.0 Å². The minimum atomic E-state index is -3.55. The van der Waals surface area contributed by atoms with Crippen molar-refractivity contribution in [2.45, 2.75) is 37.8 Å². The summed E-state index contributed by atoms with van der Waals surface area (Å²) in [5.74, 6) is 1.57. The third-order valence-corrected chi connectivity index (χ3v) is 6.21. The number of aryl methyl sites for hydroxylation is 1. The Bertz CT molecular complexity index is 808. The molecule has 2 N–H and O–H groups in total. The summed E-state index contributed by atoms with van der Waals surface area (Å²) in [5, 5.41) is 3.97. The normalized spacial score (nSPS) is 12.9. The Labute approximate surface area is 167 Å². The number of halogens is 1. The number of hydrogen-bond donors (Lipinski definition) is 1. The van der Waals surface area contributed by atoms with E-state index in [0.29, 0.717) is 30.5 Å². The van der Waals surface area contributed by atoms with Crippen LogP contribution in [0.4, 0.5) is 0 Å². The summed E-state index contributed by atoms with van der Waals surface area (Å²) in [6.45, 7) is 4.69. The molecule has 2 rings (SSSR count). The number of aromatic nitrogens is 3. The van der Waals surface area contributed by atoms with Crippen molar-refractivity contribution >= 4 is 22.4 Å². The van der Waals surface area contributed by atoms with Crippen LogP contribution < -0.4 is 10.5 Å². The Morgan fingerprint density at radius 3 is 2.41 bits per heavy atom. The van der Waals surface area contributed by atoms with E-state index in [0.717, 1.165) is 0 Å². The molecule has 1 aromatic carbocycles. The van der Waals surface area contributed by atoms with Gasteiger partial charge in [-0.2, -0.15) is 5.10 Å². The van der Waals surface area contributed by atoms with Gasteiger partial charge >= 0.3 is 0 Å². The van der Waals surface area contributed by atoms with Crippen molar-refractivity contribution in [1.29, 1.82) is 0 Å². The molecular weight excluding hydrogens is 390 g/mol. The summed E-state index contributed by atoms with van der Waals surface area (Å²) >= 11 is 0. The lowest BCUT2D eigenvalue weighted by molar-refractivity contribution is 0.289. The van der Waals surface area contributed by atoms with Gasteiger partial charge in [-0.3, -0.25) is 4.68 Å². The van der Waals surface area contributed by atoms with Crippen LogP contribution in [0.25, 0.3) is 0 Å². The fourth-order valence-corrected chi connectivity index (χ4v) is 3.46. The lowest BCUT2D eigenvalue weighted by Gasteiger charge is -2.21. The van der Waals surface area contributed by atoms with Gasteiger partial charge in [-0.15, -0.1) is 12.4 Å². The number of rotatable bonds is 9. The molecule has 0 spiro atoms. The minimum Gasteiger partial charge on any atom is -0.486 e. The maximum absolute atomic E-state index is 12.6. The number of sulfonamides is 1.